The van der Waals surface area contributed by atoms with Crippen LogP contribution in [0.2, 0.25) is 0 Å². The average Bonchev–Trinajstić information content (AvgIpc) is 2.48. The molecular weight excluding hydrogens is 274 g/mol. The number of nitrogens with zero attached hydrogens (tertiary/aromatic N) is 3. The predicted molar refractivity (Wildman–Crippen MR) is 60.5 cm³/mol. The highest BCUT2D eigenvalue weighted by atomic mass is 79.9. The highest BCUT2D eigenvalue weighted by Gasteiger charge is 2.33. The molecule has 2 rings (SSSR count). The van der Waals surface area contributed by atoms with Crippen LogP contribution in [0, 0.1) is 0 Å². The van der Waals surface area contributed by atoms with Gasteiger partial charge >= 0.3 is 6.03 Å². The third-order valence-corrected chi connectivity index (χ3v) is 2.81. The summed E-state index contributed by atoms with van der Waals surface area (Å²) in [5, 5.41) is 0. The summed E-state index contributed by atoms with van der Waals surface area (Å²) in [6, 6.07) is 3.34. The number of pyridine rings is 1. The minimum Gasteiger partial charge on any atom is -0.318 e. The Kier molecular flexibility index (Phi) is 2.91. The number of urea groups is 1. The number of hydrogen-bond acceptors (Lipinski definition) is 3. The first-order valence-corrected chi connectivity index (χ1v) is 5.53. The zero-order valence-electron chi connectivity index (χ0n) is 8.68. The van der Waals surface area contributed by atoms with Crippen LogP contribution in [0.3, 0.4) is 0 Å². The van der Waals surface area contributed by atoms with E-state index in [0.29, 0.717) is 5.69 Å². The summed E-state index contributed by atoms with van der Waals surface area (Å²) < 4.78 is 0.868. The van der Waals surface area contributed by atoms with Gasteiger partial charge in [0.25, 0.3) is 5.91 Å². The van der Waals surface area contributed by atoms with Gasteiger partial charge < -0.3 is 4.90 Å². The second-order valence-corrected chi connectivity index (χ2v) is 4.50. The van der Waals surface area contributed by atoms with E-state index in [2.05, 4.69) is 20.9 Å². The maximum atomic E-state index is 11.6. The Morgan fingerprint density at radius 3 is 2.69 bits per heavy atom. The van der Waals surface area contributed by atoms with Crippen LogP contribution >= 0.6 is 15.9 Å². The number of hydrogen-bond donors (Lipinski definition) is 0. The molecule has 0 aliphatic carbocycles. The van der Waals surface area contributed by atoms with Crippen molar-refractivity contribution in [1.29, 1.82) is 0 Å². The summed E-state index contributed by atoms with van der Waals surface area (Å²) in [5.74, 6) is -0.183. The van der Waals surface area contributed by atoms with Gasteiger partial charge in [0.2, 0.25) is 0 Å². The largest absolute Gasteiger partial charge is 0.327 e. The van der Waals surface area contributed by atoms with Crippen LogP contribution in [0.1, 0.15) is 5.69 Å². The van der Waals surface area contributed by atoms with E-state index in [-0.39, 0.29) is 25.0 Å². The number of imide groups is 1. The van der Waals surface area contributed by atoms with Crippen LogP contribution in [0.5, 0.6) is 0 Å². The van der Waals surface area contributed by atoms with E-state index in [4.69, 9.17) is 0 Å². The topological polar surface area (TPSA) is 53.5 Å². The van der Waals surface area contributed by atoms with E-state index < -0.39 is 0 Å². The van der Waals surface area contributed by atoms with E-state index in [9.17, 15) is 9.59 Å². The summed E-state index contributed by atoms with van der Waals surface area (Å²) >= 11 is 3.27. The molecule has 0 atom stereocenters. The second kappa shape index (κ2) is 4.21. The summed E-state index contributed by atoms with van der Waals surface area (Å²) in [4.78, 5) is 29.8. The van der Waals surface area contributed by atoms with Crippen LogP contribution in [0.15, 0.2) is 22.8 Å². The van der Waals surface area contributed by atoms with Gasteiger partial charge in [-0.1, -0.05) is 0 Å². The van der Waals surface area contributed by atoms with E-state index in [1.165, 1.54) is 9.80 Å². The molecular formula is C10H10BrN3O2. The molecule has 0 N–H and O–H groups in total. The van der Waals surface area contributed by atoms with Crippen LogP contribution in [0.4, 0.5) is 4.79 Å². The number of amides is 3. The Morgan fingerprint density at radius 1 is 1.44 bits per heavy atom. The number of carbonyl (C=O) groups excluding carboxylic acids is 2. The Morgan fingerprint density at radius 2 is 2.19 bits per heavy atom. The zero-order valence-corrected chi connectivity index (χ0v) is 10.3. The molecule has 16 heavy (non-hydrogen) atoms. The molecule has 2 heterocycles. The van der Waals surface area contributed by atoms with Gasteiger partial charge in [-0.05, 0) is 28.1 Å². The molecule has 0 unspecified atom stereocenters. The summed E-state index contributed by atoms with van der Waals surface area (Å²) in [5.41, 5.74) is 0.695. The third kappa shape index (κ3) is 2.06. The van der Waals surface area contributed by atoms with Crippen molar-refractivity contribution in [2.75, 3.05) is 13.6 Å². The smallest absolute Gasteiger partial charge is 0.318 e. The molecule has 3 amide bonds. The molecule has 5 nitrogen and oxygen atoms in total. The fourth-order valence-corrected chi connectivity index (χ4v) is 1.72. The van der Waals surface area contributed by atoms with Gasteiger partial charge in [-0.15, -0.1) is 0 Å². The summed E-state index contributed by atoms with van der Waals surface area (Å²) in [6.07, 6.45) is 1.64. The van der Waals surface area contributed by atoms with Gasteiger partial charge in [-0.25, -0.2) is 4.79 Å². The molecule has 0 saturated carbocycles. The number of aromatic nitrogens is 1. The van der Waals surface area contributed by atoms with Crippen molar-refractivity contribution < 1.29 is 9.59 Å². The lowest BCUT2D eigenvalue weighted by Gasteiger charge is -2.13. The van der Waals surface area contributed by atoms with Gasteiger partial charge in [-0.2, -0.15) is 0 Å². The number of likely N-dealkylation sites (N-methyl/N-ethyl adjacent to an activating group) is 1. The first-order chi connectivity index (χ1) is 7.58. The molecule has 1 fully saturated rings. The molecule has 1 aliphatic rings. The van der Waals surface area contributed by atoms with Crippen molar-refractivity contribution >= 4 is 27.9 Å². The van der Waals surface area contributed by atoms with E-state index in [1.54, 1.807) is 19.3 Å². The maximum absolute atomic E-state index is 11.6. The zero-order chi connectivity index (χ0) is 11.7. The average molecular weight is 284 g/mol. The SMILES string of the molecule is CN1CC(=O)N(Cc2ccc(Br)cn2)C1=O. The molecule has 1 aliphatic heterocycles. The number of carbonyl (C=O) groups is 2. The van der Waals surface area contributed by atoms with E-state index in [1.807, 2.05) is 6.07 Å². The van der Waals surface area contributed by atoms with E-state index >= 15 is 0 Å². The van der Waals surface area contributed by atoms with Crippen LogP contribution in [0.25, 0.3) is 0 Å². The molecule has 0 spiro atoms. The van der Waals surface area contributed by atoms with Crippen LogP contribution in [-0.2, 0) is 11.3 Å². The van der Waals surface area contributed by atoms with Crippen molar-refractivity contribution in [3.63, 3.8) is 0 Å². The van der Waals surface area contributed by atoms with Gasteiger partial charge in [-0.3, -0.25) is 14.7 Å². The van der Waals surface area contributed by atoms with Crippen LogP contribution in [-0.4, -0.2) is 40.3 Å². The fraction of sp³-hybridized carbons (Fsp3) is 0.300. The van der Waals surface area contributed by atoms with Crippen molar-refractivity contribution in [3.8, 4) is 0 Å². The lowest BCUT2D eigenvalue weighted by atomic mass is 10.3. The van der Waals surface area contributed by atoms with Gasteiger partial charge in [0.15, 0.2) is 0 Å². The van der Waals surface area contributed by atoms with Crippen molar-refractivity contribution in [2.45, 2.75) is 6.54 Å². The Balaban J connectivity index is 2.13. The van der Waals surface area contributed by atoms with Crippen molar-refractivity contribution in [3.05, 3.63) is 28.5 Å². The maximum Gasteiger partial charge on any atom is 0.327 e. The van der Waals surface area contributed by atoms with Crippen LogP contribution < -0.4 is 0 Å². The second-order valence-electron chi connectivity index (χ2n) is 3.59. The number of rotatable bonds is 2. The number of halogens is 1. The van der Waals surface area contributed by atoms with Gasteiger partial charge in [0.05, 0.1) is 12.2 Å². The summed E-state index contributed by atoms with van der Waals surface area (Å²) in [6.45, 7) is 0.380. The quantitative estimate of drug-likeness (QED) is 0.768. The Bertz CT molecular complexity index is 432. The fourth-order valence-electron chi connectivity index (χ4n) is 1.49. The Hall–Kier alpha value is -1.43. The molecule has 84 valence electrons. The molecule has 6 heteroatoms. The van der Waals surface area contributed by atoms with Crippen molar-refractivity contribution in [1.82, 2.24) is 14.8 Å². The van der Waals surface area contributed by atoms with Crippen molar-refractivity contribution in [2.24, 2.45) is 0 Å². The highest BCUT2D eigenvalue weighted by molar-refractivity contribution is 9.10. The predicted octanol–water partition coefficient (Wildman–Crippen LogP) is 1.24. The molecule has 1 aromatic rings. The molecule has 1 saturated heterocycles. The van der Waals surface area contributed by atoms with Gasteiger partial charge in [0.1, 0.15) is 6.54 Å². The lowest BCUT2D eigenvalue weighted by Crippen LogP contribution is -2.31. The molecule has 0 bridgehead atoms. The minimum absolute atomic E-state index is 0.148. The molecule has 1 aromatic heterocycles. The first kappa shape index (κ1) is 11.1. The highest BCUT2D eigenvalue weighted by Crippen LogP contribution is 2.13. The lowest BCUT2D eigenvalue weighted by molar-refractivity contribution is -0.125. The Labute approximate surface area is 101 Å². The molecule has 0 aromatic carbocycles. The minimum atomic E-state index is -0.269. The first-order valence-electron chi connectivity index (χ1n) is 4.74. The molecule has 0 radical (unpaired) electrons. The van der Waals surface area contributed by atoms with E-state index in [0.717, 1.165) is 4.47 Å². The monoisotopic (exact) mass is 283 g/mol. The third-order valence-electron chi connectivity index (χ3n) is 2.34. The summed E-state index contributed by atoms with van der Waals surface area (Å²) in [7, 11) is 1.61. The van der Waals surface area contributed by atoms with Gasteiger partial charge in [0, 0.05) is 17.7 Å². The normalized spacial score (nSPS) is 16.1. The standard InChI is InChI=1S/C10H10BrN3O2/c1-13-6-9(15)14(10(13)16)5-8-3-2-7(11)4-12-8/h2-4H,5-6H2,1H3.